The molecule has 116 valence electrons. The molecule has 21 heavy (non-hydrogen) atoms. The third kappa shape index (κ3) is 4.01. The molecule has 0 aromatic heterocycles. The van der Waals surface area contributed by atoms with E-state index < -0.39 is 6.10 Å². The zero-order valence-corrected chi connectivity index (χ0v) is 12.4. The fourth-order valence-corrected chi connectivity index (χ4v) is 2.52. The summed E-state index contributed by atoms with van der Waals surface area (Å²) in [5.41, 5.74) is 0.527. The van der Waals surface area contributed by atoms with Gasteiger partial charge in [-0.25, -0.2) is 4.79 Å². The summed E-state index contributed by atoms with van der Waals surface area (Å²) in [4.78, 5) is 12.1. The second kappa shape index (κ2) is 7.17. The molecule has 0 spiro atoms. The highest BCUT2D eigenvalue weighted by Crippen LogP contribution is 2.29. The first-order chi connectivity index (χ1) is 10.1. The Labute approximate surface area is 124 Å². The smallest absolute Gasteiger partial charge is 0.319 e. The molecule has 0 heterocycles. The van der Waals surface area contributed by atoms with Crippen LogP contribution in [0.2, 0.25) is 0 Å². The fraction of sp³-hybridized carbons (Fsp3) is 0.533. The minimum Gasteiger partial charge on any atom is -0.497 e. The van der Waals surface area contributed by atoms with E-state index in [1.54, 1.807) is 25.3 Å². The molecule has 3 N–H and O–H groups in total. The first-order valence-corrected chi connectivity index (χ1v) is 7.11. The molecule has 0 saturated heterocycles. The molecule has 0 radical (unpaired) electrons. The molecule has 6 heteroatoms. The van der Waals surface area contributed by atoms with Crippen molar-refractivity contribution in [3.8, 4) is 11.5 Å². The van der Waals surface area contributed by atoms with Crippen molar-refractivity contribution in [2.45, 2.75) is 37.8 Å². The van der Waals surface area contributed by atoms with Crippen LogP contribution in [-0.2, 0) is 0 Å². The van der Waals surface area contributed by atoms with Crippen LogP contribution in [0.5, 0.6) is 11.5 Å². The maximum atomic E-state index is 12.1. The third-order valence-corrected chi connectivity index (χ3v) is 3.70. The molecule has 2 amide bonds. The van der Waals surface area contributed by atoms with E-state index in [4.69, 9.17) is 9.47 Å². The van der Waals surface area contributed by atoms with Gasteiger partial charge in [-0.2, -0.15) is 0 Å². The van der Waals surface area contributed by atoms with Crippen molar-refractivity contribution in [3.05, 3.63) is 18.2 Å². The number of methoxy groups -OCH3 is 2. The first kappa shape index (κ1) is 15.4. The SMILES string of the molecule is COc1ccc(OC)c(NC(=O)NC2CCCCC2O)c1. The molecule has 1 aliphatic rings. The zero-order valence-electron chi connectivity index (χ0n) is 12.4. The predicted molar refractivity (Wildman–Crippen MR) is 80.0 cm³/mol. The molecule has 6 nitrogen and oxygen atoms in total. The molecule has 2 atom stereocenters. The van der Waals surface area contributed by atoms with E-state index in [0.717, 1.165) is 25.7 Å². The van der Waals surface area contributed by atoms with Crippen molar-refractivity contribution in [2.24, 2.45) is 0 Å². The van der Waals surface area contributed by atoms with Gasteiger partial charge in [0.05, 0.1) is 32.1 Å². The lowest BCUT2D eigenvalue weighted by Gasteiger charge is -2.28. The normalized spacial score (nSPS) is 21.5. The maximum Gasteiger partial charge on any atom is 0.319 e. The van der Waals surface area contributed by atoms with E-state index in [2.05, 4.69) is 10.6 Å². The summed E-state index contributed by atoms with van der Waals surface area (Å²) >= 11 is 0. The average Bonchev–Trinajstić information content (AvgIpc) is 2.49. The lowest BCUT2D eigenvalue weighted by Crippen LogP contribution is -2.46. The Morgan fingerprint density at radius 1 is 1.24 bits per heavy atom. The van der Waals surface area contributed by atoms with Crippen LogP contribution in [0.3, 0.4) is 0 Å². The number of benzene rings is 1. The van der Waals surface area contributed by atoms with Crippen LogP contribution in [-0.4, -0.2) is 37.5 Å². The molecule has 1 saturated carbocycles. The van der Waals surface area contributed by atoms with Crippen molar-refractivity contribution in [1.29, 1.82) is 0 Å². The number of nitrogens with one attached hydrogen (secondary N) is 2. The summed E-state index contributed by atoms with van der Waals surface area (Å²) in [6, 6.07) is 4.62. The van der Waals surface area contributed by atoms with Gasteiger partial charge in [-0.05, 0) is 25.0 Å². The standard InChI is InChI=1S/C15H22N2O4/c1-20-10-7-8-14(21-2)12(9-10)17-15(19)16-11-5-3-4-6-13(11)18/h7-9,11,13,18H,3-6H2,1-2H3,(H2,16,17,19). The summed E-state index contributed by atoms with van der Waals surface area (Å²) in [5.74, 6) is 1.18. The zero-order chi connectivity index (χ0) is 15.2. The van der Waals surface area contributed by atoms with E-state index in [9.17, 15) is 9.90 Å². The van der Waals surface area contributed by atoms with Crippen LogP contribution in [0.1, 0.15) is 25.7 Å². The molecule has 0 aliphatic heterocycles. The van der Waals surface area contributed by atoms with Gasteiger partial charge in [0.25, 0.3) is 0 Å². The molecule has 2 rings (SSSR count). The van der Waals surface area contributed by atoms with E-state index in [1.165, 1.54) is 7.11 Å². The highest BCUT2D eigenvalue weighted by Gasteiger charge is 2.24. The summed E-state index contributed by atoms with van der Waals surface area (Å²) in [6.45, 7) is 0. The Kier molecular flexibility index (Phi) is 5.27. The van der Waals surface area contributed by atoms with Crippen LogP contribution in [0, 0.1) is 0 Å². The highest BCUT2D eigenvalue weighted by molar-refractivity contribution is 5.91. The topological polar surface area (TPSA) is 79.8 Å². The van der Waals surface area contributed by atoms with Crippen molar-refractivity contribution in [3.63, 3.8) is 0 Å². The number of carbonyl (C=O) groups excluding carboxylic acids is 1. The molecule has 1 fully saturated rings. The molecule has 1 aromatic rings. The number of hydrogen-bond acceptors (Lipinski definition) is 4. The number of anilines is 1. The largest absolute Gasteiger partial charge is 0.497 e. The van der Waals surface area contributed by atoms with Crippen molar-refractivity contribution in [2.75, 3.05) is 19.5 Å². The van der Waals surface area contributed by atoms with Gasteiger partial charge >= 0.3 is 6.03 Å². The van der Waals surface area contributed by atoms with Crippen molar-refractivity contribution in [1.82, 2.24) is 5.32 Å². The second-order valence-corrected chi connectivity index (χ2v) is 5.12. The van der Waals surface area contributed by atoms with Gasteiger partial charge in [-0.1, -0.05) is 12.8 Å². The fourth-order valence-electron chi connectivity index (χ4n) is 2.52. The minimum absolute atomic E-state index is 0.199. The number of carbonyl (C=O) groups is 1. The molecule has 1 aliphatic carbocycles. The predicted octanol–water partition coefficient (Wildman–Crippen LogP) is 2.13. The number of amides is 2. The molecular weight excluding hydrogens is 272 g/mol. The van der Waals surface area contributed by atoms with E-state index >= 15 is 0 Å². The van der Waals surface area contributed by atoms with Crippen LogP contribution >= 0.6 is 0 Å². The quantitative estimate of drug-likeness (QED) is 0.794. The van der Waals surface area contributed by atoms with E-state index in [-0.39, 0.29) is 12.1 Å². The lowest BCUT2D eigenvalue weighted by molar-refractivity contribution is 0.0955. The van der Waals surface area contributed by atoms with Crippen LogP contribution in [0.4, 0.5) is 10.5 Å². The van der Waals surface area contributed by atoms with Crippen LogP contribution in [0.25, 0.3) is 0 Å². The highest BCUT2D eigenvalue weighted by atomic mass is 16.5. The number of aliphatic hydroxyl groups excluding tert-OH is 1. The summed E-state index contributed by atoms with van der Waals surface area (Å²) in [6.07, 6.45) is 3.07. The van der Waals surface area contributed by atoms with Crippen molar-refractivity contribution < 1.29 is 19.4 Å². The number of rotatable bonds is 4. The summed E-state index contributed by atoms with van der Waals surface area (Å²) in [7, 11) is 3.10. The number of urea groups is 1. The Morgan fingerprint density at radius 3 is 2.67 bits per heavy atom. The molecular formula is C15H22N2O4. The lowest BCUT2D eigenvalue weighted by atomic mass is 9.93. The number of hydrogen-bond donors (Lipinski definition) is 3. The van der Waals surface area contributed by atoms with Crippen LogP contribution in [0.15, 0.2) is 18.2 Å². The Bertz CT molecular complexity index is 493. The number of aliphatic hydroxyl groups is 1. The Hall–Kier alpha value is -1.95. The van der Waals surface area contributed by atoms with Gasteiger partial charge in [0.1, 0.15) is 11.5 Å². The van der Waals surface area contributed by atoms with E-state index in [0.29, 0.717) is 17.2 Å². The van der Waals surface area contributed by atoms with Gasteiger partial charge < -0.3 is 25.2 Å². The summed E-state index contributed by atoms with van der Waals surface area (Å²) in [5, 5.41) is 15.4. The summed E-state index contributed by atoms with van der Waals surface area (Å²) < 4.78 is 10.3. The van der Waals surface area contributed by atoms with Gasteiger partial charge in [0.2, 0.25) is 0 Å². The van der Waals surface area contributed by atoms with E-state index in [1.807, 2.05) is 0 Å². The average molecular weight is 294 g/mol. The van der Waals surface area contributed by atoms with Gasteiger partial charge in [-0.15, -0.1) is 0 Å². The Balaban J connectivity index is 2.01. The maximum absolute atomic E-state index is 12.1. The van der Waals surface area contributed by atoms with Crippen molar-refractivity contribution >= 4 is 11.7 Å². The number of ether oxygens (including phenoxy) is 2. The second-order valence-electron chi connectivity index (χ2n) is 5.12. The molecule has 0 bridgehead atoms. The molecule has 1 aromatic carbocycles. The first-order valence-electron chi connectivity index (χ1n) is 7.11. The van der Waals surface area contributed by atoms with Crippen LogP contribution < -0.4 is 20.1 Å². The monoisotopic (exact) mass is 294 g/mol. The third-order valence-electron chi connectivity index (χ3n) is 3.70. The van der Waals surface area contributed by atoms with Gasteiger partial charge in [0.15, 0.2) is 0 Å². The molecule has 2 unspecified atom stereocenters. The van der Waals surface area contributed by atoms with Gasteiger partial charge in [-0.3, -0.25) is 0 Å². The Morgan fingerprint density at radius 2 is 2.00 bits per heavy atom. The van der Waals surface area contributed by atoms with Gasteiger partial charge in [0, 0.05) is 6.07 Å². The minimum atomic E-state index is -0.475.